The molecule has 1 atom stereocenters. The van der Waals surface area contributed by atoms with E-state index < -0.39 is 5.92 Å². The Bertz CT molecular complexity index is 1010. The van der Waals surface area contributed by atoms with E-state index in [2.05, 4.69) is 0 Å². The molecule has 1 fully saturated rings. The summed E-state index contributed by atoms with van der Waals surface area (Å²) in [7, 11) is 1.58. The summed E-state index contributed by atoms with van der Waals surface area (Å²) in [5.74, 6) is 0.191. The first-order valence-corrected chi connectivity index (χ1v) is 8.79. The summed E-state index contributed by atoms with van der Waals surface area (Å²) in [4.78, 5) is 26.6. The summed E-state index contributed by atoms with van der Waals surface area (Å²) < 4.78 is 10.7. The van der Waals surface area contributed by atoms with E-state index in [1.165, 1.54) is 0 Å². The number of carbonyl (C=O) groups is 2. The van der Waals surface area contributed by atoms with E-state index in [0.29, 0.717) is 18.0 Å². The van der Waals surface area contributed by atoms with Gasteiger partial charge in [0.05, 0.1) is 13.0 Å². The van der Waals surface area contributed by atoms with E-state index in [1.807, 2.05) is 54.6 Å². The molecular formula is C22H19NO4. The molecule has 0 bridgehead atoms. The van der Waals surface area contributed by atoms with Crippen LogP contribution in [0.2, 0.25) is 0 Å². The van der Waals surface area contributed by atoms with Crippen LogP contribution in [0.25, 0.3) is 10.8 Å². The Morgan fingerprint density at radius 2 is 1.78 bits per heavy atom. The van der Waals surface area contributed by atoms with Crippen molar-refractivity contribution in [2.75, 3.05) is 18.6 Å². The van der Waals surface area contributed by atoms with E-state index in [1.54, 1.807) is 24.1 Å². The number of rotatable bonds is 4. The molecule has 3 aromatic carbocycles. The van der Waals surface area contributed by atoms with Crippen molar-refractivity contribution in [3.05, 3.63) is 66.7 Å². The van der Waals surface area contributed by atoms with Crippen LogP contribution < -0.4 is 14.4 Å². The molecule has 3 aromatic rings. The molecule has 1 aliphatic rings. The van der Waals surface area contributed by atoms with Gasteiger partial charge in [0.15, 0.2) is 0 Å². The van der Waals surface area contributed by atoms with Crippen molar-refractivity contribution in [1.82, 2.24) is 0 Å². The smallest absolute Gasteiger partial charge is 0.316 e. The molecule has 1 amide bonds. The molecule has 1 aliphatic heterocycles. The monoisotopic (exact) mass is 361 g/mol. The maximum Gasteiger partial charge on any atom is 0.316 e. The number of carbonyl (C=O) groups excluding carboxylic acids is 2. The van der Waals surface area contributed by atoms with Gasteiger partial charge in [-0.3, -0.25) is 9.59 Å². The fourth-order valence-corrected chi connectivity index (χ4v) is 3.32. The average molecular weight is 361 g/mol. The Labute approximate surface area is 157 Å². The highest BCUT2D eigenvalue weighted by Crippen LogP contribution is 2.29. The van der Waals surface area contributed by atoms with Crippen molar-refractivity contribution in [2.24, 2.45) is 5.92 Å². The van der Waals surface area contributed by atoms with Crippen molar-refractivity contribution < 1.29 is 19.1 Å². The zero-order valence-electron chi connectivity index (χ0n) is 14.9. The van der Waals surface area contributed by atoms with Gasteiger partial charge in [-0.05, 0) is 35.0 Å². The number of fused-ring (bicyclic) bond motifs is 1. The van der Waals surface area contributed by atoms with Gasteiger partial charge < -0.3 is 14.4 Å². The summed E-state index contributed by atoms with van der Waals surface area (Å²) in [6.45, 7) is 0.304. The summed E-state index contributed by atoms with van der Waals surface area (Å²) in [5, 5.41) is 2.08. The Hall–Kier alpha value is -3.34. The van der Waals surface area contributed by atoms with Gasteiger partial charge in [-0.1, -0.05) is 36.4 Å². The van der Waals surface area contributed by atoms with E-state index in [9.17, 15) is 9.59 Å². The second-order valence-electron chi connectivity index (χ2n) is 6.54. The summed E-state index contributed by atoms with van der Waals surface area (Å²) >= 11 is 0. The molecule has 1 heterocycles. The van der Waals surface area contributed by atoms with Crippen molar-refractivity contribution in [1.29, 1.82) is 0 Å². The molecule has 5 nitrogen and oxygen atoms in total. The normalized spacial score (nSPS) is 16.6. The Morgan fingerprint density at radius 3 is 2.59 bits per heavy atom. The van der Waals surface area contributed by atoms with Crippen molar-refractivity contribution in [2.45, 2.75) is 6.42 Å². The fourth-order valence-electron chi connectivity index (χ4n) is 3.32. The van der Waals surface area contributed by atoms with Crippen molar-refractivity contribution in [3.8, 4) is 11.5 Å². The number of hydrogen-bond donors (Lipinski definition) is 0. The van der Waals surface area contributed by atoms with Gasteiger partial charge in [0.25, 0.3) is 0 Å². The van der Waals surface area contributed by atoms with Gasteiger partial charge >= 0.3 is 5.97 Å². The lowest BCUT2D eigenvalue weighted by Crippen LogP contribution is -2.27. The predicted octanol–water partition coefficient (Wildman–Crippen LogP) is 3.81. The van der Waals surface area contributed by atoms with Gasteiger partial charge in [-0.25, -0.2) is 0 Å². The first-order chi connectivity index (χ1) is 13.1. The molecule has 136 valence electrons. The number of nitrogens with zero attached hydrogens (tertiary/aromatic N) is 1. The topological polar surface area (TPSA) is 55.8 Å². The molecule has 0 radical (unpaired) electrons. The van der Waals surface area contributed by atoms with Crippen LogP contribution in [-0.4, -0.2) is 25.5 Å². The molecule has 0 unspecified atom stereocenters. The number of ether oxygens (including phenoxy) is 2. The minimum Gasteiger partial charge on any atom is -0.497 e. The van der Waals surface area contributed by atoms with Gasteiger partial charge in [0.1, 0.15) is 11.5 Å². The fraction of sp³-hybridized carbons (Fsp3) is 0.182. The lowest BCUT2D eigenvalue weighted by Gasteiger charge is -2.17. The standard InChI is InChI=1S/C22H19NO4/c1-26-19-8-4-7-18(13-19)23-14-17(12-21(23)24)22(25)27-20-10-9-15-5-2-3-6-16(15)11-20/h2-11,13,17H,12,14H2,1H3/t17-/m0/s1. The highest BCUT2D eigenvalue weighted by atomic mass is 16.5. The maximum atomic E-state index is 12.6. The number of methoxy groups -OCH3 is 1. The van der Waals surface area contributed by atoms with E-state index in [-0.39, 0.29) is 18.3 Å². The van der Waals surface area contributed by atoms with Crippen LogP contribution in [0.4, 0.5) is 5.69 Å². The zero-order chi connectivity index (χ0) is 18.8. The van der Waals surface area contributed by atoms with Crippen molar-refractivity contribution >= 4 is 28.3 Å². The molecule has 0 spiro atoms. The number of amides is 1. The number of hydrogen-bond acceptors (Lipinski definition) is 4. The highest BCUT2D eigenvalue weighted by Gasteiger charge is 2.36. The molecule has 0 N–H and O–H groups in total. The van der Waals surface area contributed by atoms with Crippen LogP contribution in [-0.2, 0) is 9.59 Å². The van der Waals surface area contributed by atoms with Crippen LogP contribution in [0.3, 0.4) is 0 Å². The Morgan fingerprint density at radius 1 is 0.963 bits per heavy atom. The minimum atomic E-state index is -0.491. The van der Waals surface area contributed by atoms with Crippen LogP contribution in [0.15, 0.2) is 66.7 Å². The third-order valence-electron chi connectivity index (χ3n) is 4.76. The third kappa shape index (κ3) is 3.49. The quantitative estimate of drug-likeness (QED) is 0.524. The average Bonchev–Trinajstić information content (AvgIpc) is 3.10. The van der Waals surface area contributed by atoms with Crippen LogP contribution in [0, 0.1) is 5.92 Å². The van der Waals surface area contributed by atoms with Crippen LogP contribution >= 0.6 is 0 Å². The molecule has 0 aromatic heterocycles. The van der Waals surface area contributed by atoms with E-state index in [4.69, 9.17) is 9.47 Å². The molecule has 27 heavy (non-hydrogen) atoms. The predicted molar refractivity (Wildman–Crippen MR) is 103 cm³/mol. The second-order valence-corrected chi connectivity index (χ2v) is 6.54. The lowest BCUT2D eigenvalue weighted by atomic mass is 10.1. The van der Waals surface area contributed by atoms with Crippen LogP contribution in [0.5, 0.6) is 11.5 Å². The summed E-state index contributed by atoms with van der Waals surface area (Å²) in [6, 6.07) is 20.7. The Kier molecular flexibility index (Phi) is 4.50. The first kappa shape index (κ1) is 17.1. The van der Waals surface area contributed by atoms with Gasteiger partial charge in [-0.15, -0.1) is 0 Å². The summed E-state index contributed by atoms with van der Waals surface area (Å²) in [6.07, 6.45) is 0.142. The van der Waals surface area contributed by atoms with E-state index >= 15 is 0 Å². The summed E-state index contributed by atoms with van der Waals surface area (Å²) in [5.41, 5.74) is 0.723. The molecule has 4 rings (SSSR count). The number of benzene rings is 3. The van der Waals surface area contributed by atoms with Gasteiger partial charge in [0, 0.05) is 24.7 Å². The number of esters is 1. The van der Waals surface area contributed by atoms with Gasteiger partial charge in [0.2, 0.25) is 5.91 Å². The SMILES string of the molecule is COc1cccc(N2C[C@@H](C(=O)Oc3ccc4ccccc4c3)CC2=O)c1. The molecule has 0 aliphatic carbocycles. The second kappa shape index (κ2) is 7.11. The van der Waals surface area contributed by atoms with Crippen molar-refractivity contribution in [3.63, 3.8) is 0 Å². The minimum absolute atomic E-state index is 0.0938. The molecular weight excluding hydrogens is 342 g/mol. The van der Waals surface area contributed by atoms with Gasteiger partial charge in [-0.2, -0.15) is 0 Å². The largest absolute Gasteiger partial charge is 0.497 e. The first-order valence-electron chi connectivity index (χ1n) is 8.79. The zero-order valence-corrected chi connectivity index (χ0v) is 14.9. The third-order valence-corrected chi connectivity index (χ3v) is 4.76. The lowest BCUT2D eigenvalue weighted by molar-refractivity contribution is -0.139. The molecule has 1 saturated heterocycles. The maximum absolute atomic E-state index is 12.6. The number of anilines is 1. The van der Waals surface area contributed by atoms with E-state index in [0.717, 1.165) is 16.5 Å². The molecule has 5 heteroatoms. The highest BCUT2D eigenvalue weighted by molar-refractivity contribution is 6.00. The molecule has 0 saturated carbocycles. The van der Waals surface area contributed by atoms with Crippen LogP contribution in [0.1, 0.15) is 6.42 Å². The Balaban J connectivity index is 1.48.